The lowest BCUT2D eigenvalue weighted by molar-refractivity contribution is 0.514. The van der Waals surface area contributed by atoms with Crippen LogP contribution in [0.1, 0.15) is 5.56 Å². The summed E-state index contributed by atoms with van der Waals surface area (Å²) < 4.78 is 29.3. The number of halogens is 3. The molecule has 0 saturated carbocycles. The molecule has 1 aromatic heterocycles. The van der Waals surface area contributed by atoms with E-state index in [4.69, 9.17) is 23.8 Å². The molecular formula is C14H9ClF2N2S. The van der Waals surface area contributed by atoms with Gasteiger partial charge in [0.05, 0.1) is 11.2 Å². The number of aromatic nitrogens is 2. The van der Waals surface area contributed by atoms with E-state index < -0.39 is 11.6 Å². The summed E-state index contributed by atoms with van der Waals surface area (Å²) in [6.45, 7) is 1.80. The lowest BCUT2D eigenvalue weighted by atomic mass is 10.2. The first-order valence-corrected chi connectivity index (χ1v) is 6.63. The van der Waals surface area contributed by atoms with Crippen molar-refractivity contribution in [1.82, 2.24) is 9.55 Å². The van der Waals surface area contributed by atoms with E-state index in [1.165, 1.54) is 10.6 Å². The summed E-state index contributed by atoms with van der Waals surface area (Å²) in [6.07, 6.45) is 0. The van der Waals surface area contributed by atoms with E-state index in [0.29, 0.717) is 16.2 Å². The molecule has 0 aliphatic heterocycles. The molecule has 3 aromatic rings. The van der Waals surface area contributed by atoms with Gasteiger partial charge in [-0.05, 0) is 49.0 Å². The number of imidazole rings is 1. The minimum absolute atomic E-state index is 0.0837. The Morgan fingerprint density at radius 1 is 1.20 bits per heavy atom. The van der Waals surface area contributed by atoms with Gasteiger partial charge in [-0.2, -0.15) is 0 Å². The molecule has 0 unspecified atom stereocenters. The van der Waals surface area contributed by atoms with Crippen LogP contribution in [0.25, 0.3) is 16.7 Å². The van der Waals surface area contributed by atoms with Crippen LogP contribution in [-0.4, -0.2) is 9.55 Å². The highest BCUT2D eigenvalue weighted by atomic mass is 35.5. The van der Waals surface area contributed by atoms with Crippen LogP contribution in [-0.2, 0) is 0 Å². The van der Waals surface area contributed by atoms with Gasteiger partial charge < -0.3 is 4.98 Å². The number of hydrogen-bond acceptors (Lipinski definition) is 1. The second kappa shape index (κ2) is 4.68. The normalized spacial score (nSPS) is 11.2. The van der Waals surface area contributed by atoms with Crippen LogP contribution in [0, 0.1) is 23.3 Å². The van der Waals surface area contributed by atoms with E-state index >= 15 is 0 Å². The summed E-state index contributed by atoms with van der Waals surface area (Å²) in [5.74, 6) is -1.85. The quantitative estimate of drug-likeness (QED) is 0.632. The van der Waals surface area contributed by atoms with Gasteiger partial charge in [0, 0.05) is 5.02 Å². The topological polar surface area (TPSA) is 20.7 Å². The zero-order chi connectivity index (χ0) is 14.4. The van der Waals surface area contributed by atoms with Gasteiger partial charge in [-0.25, -0.2) is 8.78 Å². The molecule has 0 radical (unpaired) electrons. The minimum Gasteiger partial charge on any atom is -0.330 e. The Labute approximate surface area is 123 Å². The maximum atomic E-state index is 14.1. The monoisotopic (exact) mass is 310 g/mol. The van der Waals surface area contributed by atoms with Crippen molar-refractivity contribution >= 4 is 34.9 Å². The fraction of sp³-hybridized carbons (Fsp3) is 0.0714. The van der Waals surface area contributed by atoms with E-state index in [1.807, 2.05) is 0 Å². The minimum atomic E-state index is -0.936. The number of H-pyrrole nitrogens is 1. The average Bonchev–Trinajstić information content (AvgIpc) is 2.75. The molecule has 2 aromatic carbocycles. The van der Waals surface area contributed by atoms with E-state index in [1.54, 1.807) is 25.1 Å². The Morgan fingerprint density at radius 3 is 2.70 bits per heavy atom. The molecular weight excluding hydrogens is 302 g/mol. The Kier molecular flexibility index (Phi) is 3.11. The van der Waals surface area contributed by atoms with E-state index in [0.717, 1.165) is 11.6 Å². The van der Waals surface area contributed by atoms with Crippen molar-refractivity contribution in [3.63, 3.8) is 0 Å². The molecule has 6 heteroatoms. The molecule has 0 amide bonds. The summed E-state index contributed by atoms with van der Waals surface area (Å²) in [5.41, 5.74) is 1.89. The van der Waals surface area contributed by atoms with Gasteiger partial charge in [0.15, 0.2) is 16.4 Å². The van der Waals surface area contributed by atoms with Gasteiger partial charge in [-0.1, -0.05) is 17.7 Å². The second-order valence-corrected chi connectivity index (χ2v) is 5.20. The smallest absolute Gasteiger partial charge is 0.184 e. The van der Waals surface area contributed by atoms with Crippen LogP contribution in [0.4, 0.5) is 8.78 Å². The molecule has 0 bridgehead atoms. The van der Waals surface area contributed by atoms with Crippen LogP contribution < -0.4 is 0 Å². The van der Waals surface area contributed by atoms with Crippen LogP contribution in [0.3, 0.4) is 0 Å². The summed E-state index contributed by atoms with van der Waals surface area (Å²) in [4.78, 5) is 2.87. The van der Waals surface area contributed by atoms with Crippen molar-refractivity contribution in [1.29, 1.82) is 0 Å². The van der Waals surface area contributed by atoms with Crippen LogP contribution >= 0.6 is 23.8 Å². The molecule has 0 spiro atoms. The Hall–Kier alpha value is -1.72. The number of nitrogens with one attached hydrogen (secondary N) is 1. The van der Waals surface area contributed by atoms with Crippen molar-refractivity contribution < 1.29 is 8.78 Å². The van der Waals surface area contributed by atoms with Crippen molar-refractivity contribution in [3.8, 4) is 5.69 Å². The van der Waals surface area contributed by atoms with Gasteiger partial charge in [-0.3, -0.25) is 4.57 Å². The largest absolute Gasteiger partial charge is 0.330 e. The Balaban J connectivity index is 2.48. The van der Waals surface area contributed by atoms with Gasteiger partial charge in [0.1, 0.15) is 5.52 Å². The summed E-state index contributed by atoms with van der Waals surface area (Å²) in [5, 5.41) is 0.538. The predicted molar refractivity (Wildman–Crippen MR) is 78.1 cm³/mol. The molecule has 102 valence electrons. The zero-order valence-electron chi connectivity index (χ0n) is 10.4. The fourth-order valence-electron chi connectivity index (χ4n) is 2.20. The van der Waals surface area contributed by atoms with Gasteiger partial charge in [0.25, 0.3) is 0 Å². The maximum Gasteiger partial charge on any atom is 0.184 e. The molecule has 0 atom stereocenters. The van der Waals surface area contributed by atoms with Gasteiger partial charge in [0.2, 0.25) is 0 Å². The second-order valence-electron chi connectivity index (χ2n) is 4.41. The molecule has 20 heavy (non-hydrogen) atoms. The van der Waals surface area contributed by atoms with Crippen molar-refractivity contribution in [2.45, 2.75) is 6.92 Å². The molecule has 0 aliphatic rings. The molecule has 0 aliphatic carbocycles. The third kappa shape index (κ3) is 1.85. The van der Waals surface area contributed by atoms with Crippen LogP contribution in [0.15, 0.2) is 30.3 Å². The first kappa shape index (κ1) is 13.3. The summed E-state index contributed by atoms with van der Waals surface area (Å²) in [7, 11) is 0. The highest BCUT2D eigenvalue weighted by Crippen LogP contribution is 2.28. The number of hydrogen-bond donors (Lipinski definition) is 1. The zero-order valence-corrected chi connectivity index (χ0v) is 11.9. The van der Waals surface area contributed by atoms with Gasteiger partial charge in [-0.15, -0.1) is 0 Å². The number of fused-ring (bicyclic) bond motifs is 1. The molecule has 0 saturated heterocycles. The van der Waals surface area contributed by atoms with Gasteiger partial charge >= 0.3 is 0 Å². The number of rotatable bonds is 1. The maximum absolute atomic E-state index is 14.1. The SMILES string of the molecule is Cc1c(Cl)cccc1-n1c(=S)[nH]c2ccc(F)c(F)c21. The lowest BCUT2D eigenvalue weighted by Gasteiger charge is -2.10. The van der Waals surface area contributed by atoms with Crippen molar-refractivity contribution in [2.24, 2.45) is 0 Å². The standard InChI is InChI=1S/C14H9ClF2N2S/c1-7-8(15)3-2-4-11(7)19-13-10(18-14(19)20)6-5-9(16)12(13)17/h2-6H,1H3,(H,18,20). The highest BCUT2D eigenvalue weighted by molar-refractivity contribution is 7.71. The Morgan fingerprint density at radius 2 is 1.95 bits per heavy atom. The van der Waals surface area contributed by atoms with E-state index in [-0.39, 0.29) is 10.3 Å². The highest BCUT2D eigenvalue weighted by Gasteiger charge is 2.16. The molecule has 0 fully saturated rings. The van der Waals surface area contributed by atoms with Crippen molar-refractivity contribution in [3.05, 3.63) is 57.3 Å². The van der Waals surface area contributed by atoms with Crippen LogP contribution in [0.5, 0.6) is 0 Å². The van der Waals surface area contributed by atoms with E-state index in [2.05, 4.69) is 4.98 Å². The van der Waals surface area contributed by atoms with Crippen LogP contribution in [0.2, 0.25) is 5.02 Å². The molecule has 1 heterocycles. The molecule has 3 rings (SSSR count). The average molecular weight is 311 g/mol. The Bertz CT molecular complexity index is 883. The molecule has 2 nitrogen and oxygen atoms in total. The van der Waals surface area contributed by atoms with E-state index in [9.17, 15) is 8.78 Å². The predicted octanol–water partition coefficient (Wildman–Crippen LogP) is 4.93. The third-order valence-corrected chi connectivity index (χ3v) is 3.91. The summed E-state index contributed by atoms with van der Waals surface area (Å²) in [6, 6.07) is 7.75. The number of benzene rings is 2. The summed E-state index contributed by atoms with van der Waals surface area (Å²) >= 11 is 11.3. The third-order valence-electron chi connectivity index (χ3n) is 3.22. The number of aromatic amines is 1. The number of nitrogens with zero attached hydrogens (tertiary/aromatic N) is 1. The fourth-order valence-corrected chi connectivity index (χ4v) is 2.67. The van der Waals surface area contributed by atoms with Crippen molar-refractivity contribution in [2.75, 3.05) is 0 Å². The molecule has 1 N–H and O–H groups in total. The lowest BCUT2D eigenvalue weighted by Crippen LogP contribution is -2.00. The first-order chi connectivity index (χ1) is 9.50. The first-order valence-electron chi connectivity index (χ1n) is 5.85.